The summed E-state index contributed by atoms with van der Waals surface area (Å²) < 4.78 is 12.9. The predicted octanol–water partition coefficient (Wildman–Crippen LogP) is 0.614. The Kier molecular flexibility index (Phi) is 2.59. The molecule has 0 saturated heterocycles. The summed E-state index contributed by atoms with van der Waals surface area (Å²) in [6.07, 6.45) is 6.73. The summed E-state index contributed by atoms with van der Waals surface area (Å²) in [5, 5.41) is 4.39. The van der Waals surface area contributed by atoms with Crippen molar-refractivity contribution in [3.05, 3.63) is 24.7 Å². The zero-order chi connectivity index (χ0) is 10.8. The first kappa shape index (κ1) is 9.97. The molecule has 0 aromatic carbocycles. The average Bonchev–Trinajstić information content (AvgIpc) is 2.65. The first-order valence-corrected chi connectivity index (χ1v) is 5.88. The Labute approximate surface area is 89.6 Å². The second kappa shape index (κ2) is 3.90. The Morgan fingerprint density at radius 3 is 2.87 bits per heavy atom. The molecule has 2 rings (SSSR count). The summed E-state index contributed by atoms with van der Waals surface area (Å²) in [4.78, 5) is 8.12. The first-order valence-electron chi connectivity index (χ1n) is 4.32. The fraction of sp³-hybridized carbons (Fsp3) is 0.222. The van der Waals surface area contributed by atoms with E-state index in [1.165, 1.54) is 0 Å². The van der Waals surface area contributed by atoms with E-state index >= 15 is 0 Å². The van der Waals surface area contributed by atoms with Gasteiger partial charge in [0, 0.05) is 31.3 Å². The maximum absolute atomic E-state index is 11.2. The van der Waals surface area contributed by atoms with Crippen molar-refractivity contribution in [2.24, 2.45) is 7.05 Å². The third-order valence-electron chi connectivity index (χ3n) is 1.89. The summed E-state index contributed by atoms with van der Waals surface area (Å²) in [7, 11) is 0.681. The van der Waals surface area contributed by atoms with Gasteiger partial charge in [0.2, 0.25) is 5.16 Å². The molecule has 0 fully saturated rings. The van der Waals surface area contributed by atoms with E-state index in [-0.39, 0.29) is 0 Å². The third kappa shape index (κ3) is 2.10. The second-order valence-corrected chi connectivity index (χ2v) is 4.35. The minimum absolute atomic E-state index is 0.344. The molecule has 0 spiro atoms. The lowest BCUT2D eigenvalue weighted by atomic mass is 10.2. The lowest BCUT2D eigenvalue weighted by molar-refractivity contribution is 0.680. The Hall–Kier alpha value is -1.56. The number of nitrogens with zero attached hydrogens (tertiary/aromatic N) is 4. The molecule has 0 radical (unpaired) electrons. The molecule has 1 atom stereocenters. The van der Waals surface area contributed by atoms with Crippen LogP contribution in [0.3, 0.4) is 0 Å². The highest BCUT2D eigenvalue weighted by Gasteiger charge is 2.05. The molecular weight excluding hydrogens is 212 g/mol. The van der Waals surface area contributed by atoms with Crippen molar-refractivity contribution in [3.8, 4) is 11.3 Å². The minimum Gasteiger partial charge on any atom is -0.275 e. The number of hydrogen-bond acceptors (Lipinski definition) is 4. The highest BCUT2D eigenvalue weighted by molar-refractivity contribution is 7.84. The van der Waals surface area contributed by atoms with Crippen molar-refractivity contribution < 1.29 is 4.21 Å². The number of aryl methyl sites for hydroxylation is 1. The van der Waals surface area contributed by atoms with Gasteiger partial charge in [-0.3, -0.25) is 8.89 Å². The van der Waals surface area contributed by atoms with E-state index in [9.17, 15) is 4.21 Å². The molecule has 2 aromatic rings. The molecule has 0 bridgehead atoms. The smallest absolute Gasteiger partial charge is 0.218 e. The molecule has 1 unspecified atom stereocenters. The molecule has 2 aromatic heterocycles. The highest BCUT2D eigenvalue weighted by atomic mass is 32.2. The quantitative estimate of drug-likeness (QED) is 0.699. The summed E-state index contributed by atoms with van der Waals surface area (Å²) in [6, 6.07) is 1.77. The molecule has 0 aliphatic rings. The molecule has 0 aliphatic heterocycles. The van der Waals surface area contributed by atoms with Crippen LogP contribution in [0.5, 0.6) is 0 Å². The number of hydrogen-bond donors (Lipinski definition) is 0. The number of aromatic nitrogens is 4. The van der Waals surface area contributed by atoms with Gasteiger partial charge in [0.15, 0.2) is 0 Å². The molecule has 78 valence electrons. The van der Waals surface area contributed by atoms with Gasteiger partial charge in [-0.2, -0.15) is 5.10 Å². The molecule has 0 N–H and O–H groups in total. The monoisotopic (exact) mass is 222 g/mol. The Morgan fingerprint density at radius 1 is 1.47 bits per heavy atom. The topological polar surface area (TPSA) is 60.7 Å². The van der Waals surface area contributed by atoms with Gasteiger partial charge >= 0.3 is 0 Å². The highest BCUT2D eigenvalue weighted by Crippen LogP contribution is 2.15. The summed E-state index contributed by atoms with van der Waals surface area (Å²) in [5.74, 6) is 0. The van der Waals surface area contributed by atoms with Gasteiger partial charge in [-0.25, -0.2) is 9.97 Å². The van der Waals surface area contributed by atoms with Crippen molar-refractivity contribution in [2.75, 3.05) is 6.26 Å². The van der Waals surface area contributed by atoms with Crippen LogP contribution < -0.4 is 0 Å². The van der Waals surface area contributed by atoms with E-state index in [1.54, 1.807) is 29.4 Å². The predicted molar refractivity (Wildman–Crippen MR) is 56.6 cm³/mol. The van der Waals surface area contributed by atoms with Crippen molar-refractivity contribution in [1.29, 1.82) is 0 Å². The molecule has 0 saturated carbocycles. The van der Waals surface area contributed by atoms with Crippen LogP contribution in [0, 0.1) is 0 Å². The average molecular weight is 222 g/mol. The van der Waals surface area contributed by atoms with Crippen LogP contribution in [0.4, 0.5) is 0 Å². The van der Waals surface area contributed by atoms with Crippen LogP contribution in [0.1, 0.15) is 0 Å². The lowest BCUT2D eigenvalue weighted by Crippen LogP contribution is -1.97. The second-order valence-electron chi connectivity index (χ2n) is 3.08. The maximum Gasteiger partial charge on any atom is 0.218 e. The van der Waals surface area contributed by atoms with E-state index in [0.717, 1.165) is 11.3 Å². The molecular formula is C9H10N4OS. The largest absolute Gasteiger partial charge is 0.275 e. The van der Waals surface area contributed by atoms with Crippen molar-refractivity contribution in [1.82, 2.24) is 19.7 Å². The van der Waals surface area contributed by atoms with Crippen LogP contribution in [0.15, 0.2) is 29.8 Å². The fourth-order valence-corrected chi connectivity index (χ4v) is 1.63. The normalized spacial score (nSPS) is 12.7. The van der Waals surface area contributed by atoms with E-state index in [0.29, 0.717) is 5.16 Å². The van der Waals surface area contributed by atoms with Gasteiger partial charge in [-0.15, -0.1) is 0 Å². The standard InChI is InChI=1S/C9H10N4OS/c1-13-6-7(5-11-13)8-3-4-10-9(12-8)15(2)14/h3-6H,1-2H3. The zero-order valence-corrected chi connectivity index (χ0v) is 9.23. The zero-order valence-electron chi connectivity index (χ0n) is 8.41. The van der Waals surface area contributed by atoms with E-state index < -0.39 is 10.8 Å². The Balaban J connectivity index is 2.45. The maximum atomic E-state index is 11.2. The lowest BCUT2D eigenvalue weighted by Gasteiger charge is -1.98. The summed E-state index contributed by atoms with van der Waals surface area (Å²) >= 11 is 0. The molecule has 0 amide bonds. The third-order valence-corrected chi connectivity index (χ3v) is 2.60. The van der Waals surface area contributed by atoms with Crippen molar-refractivity contribution in [2.45, 2.75) is 5.16 Å². The van der Waals surface area contributed by atoms with E-state index in [2.05, 4.69) is 15.1 Å². The summed E-state index contributed by atoms with van der Waals surface area (Å²) in [5.41, 5.74) is 1.63. The molecule has 5 nitrogen and oxygen atoms in total. The van der Waals surface area contributed by atoms with Gasteiger partial charge in [-0.1, -0.05) is 0 Å². The van der Waals surface area contributed by atoms with Crippen molar-refractivity contribution in [3.63, 3.8) is 0 Å². The van der Waals surface area contributed by atoms with Crippen LogP contribution in [0.2, 0.25) is 0 Å². The van der Waals surface area contributed by atoms with Crippen molar-refractivity contribution >= 4 is 10.8 Å². The van der Waals surface area contributed by atoms with Gasteiger partial charge < -0.3 is 0 Å². The van der Waals surface area contributed by atoms with Gasteiger partial charge in [0.1, 0.15) is 0 Å². The first-order chi connectivity index (χ1) is 7.16. The van der Waals surface area contributed by atoms with E-state index in [1.807, 2.05) is 13.2 Å². The molecule has 6 heteroatoms. The molecule has 15 heavy (non-hydrogen) atoms. The van der Waals surface area contributed by atoms with Crippen LogP contribution in [-0.2, 0) is 17.8 Å². The SMILES string of the molecule is Cn1cc(-c2ccnc(S(C)=O)n2)cn1. The minimum atomic E-state index is -1.16. The fourth-order valence-electron chi connectivity index (χ4n) is 1.19. The van der Waals surface area contributed by atoms with Crippen LogP contribution in [-0.4, -0.2) is 30.2 Å². The van der Waals surface area contributed by atoms with E-state index in [4.69, 9.17) is 0 Å². The van der Waals surface area contributed by atoms with Crippen LogP contribution in [0.25, 0.3) is 11.3 Å². The molecule has 2 heterocycles. The number of rotatable bonds is 2. The Bertz CT molecular complexity index is 508. The molecule has 0 aliphatic carbocycles. The Morgan fingerprint density at radius 2 is 2.27 bits per heavy atom. The van der Waals surface area contributed by atoms with Crippen LogP contribution >= 0.6 is 0 Å². The van der Waals surface area contributed by atoms with Gasteiger partial charge in [0.25, 0.3) is 0 Å². The van der Waals surface area contributed by atoms with Gasteiger partial charge in [0.05, 0.1) is 22.7 Å². The van der Waals surface area contributed by atoms with Gasteiger partial charge in [-0.05, 0) is 6.07 Å². The summed E-state index contributed by atoms with van der Waals surface area (Å²) in [6.45, 7) is 0.